The first-order valence-corrected chi connectivity index (χ1v) is 3.40. The van der Waals surface area contributed by atoms with E-state index >= 15 is 0 Å². The van der Waals surface area contributed by atoms with Crippen molar-refractivity contribution in [1.29, 1.82) is 0 Å². The Kier molecular flexibility index (Phi) is 17.8. The van der Waals surface area contributed by atoms with Crippen molar-refractivity contribution in [2.75, 3.05) is 39.5 Å². The maximum atomic E-state index is 8.48. The molecule has 0 fully saturated rings. The molecule has 0 amide bonds. The number of aliphatic hydroxyl groups excluding tert-OH is 3. The second-order valence-corrected chi connectivity index (χ2v) is 2.01. The van der Waals surface area contributed by atoms with E-state index in [0.29, 0.717) is 19.6 Å². The summed E-state index contributed by atoms with van der Waals surface area (Å²) in [5.41, 5.74) is 0. The van der Waals surface area contributed by atoms with Crippen LogP contribution in [0.25, 0.3) is 0 Å². The van der Waals surface area contributed by atoms with Gasteiger partial charge in [-0.05, 0) is 0 Å². The predicted molar refractivity (Wildman–Crippen MR) is 44.1 cm³/mol. The minimum absolute atomic E-state index is 0. The van der Waals surface area contributed by atoms with E-state index in [4.69, 9.17) is 15.3 Å². The van der Waals surface area contributed by atoms with Crippen LogP contribution < -0.4 is 0 Å². The van der Waals surface area contributed by atoms with Crippen LogP contribution in [0.3, 0.4) is 0 Å². The van der Waals surface area contributed by atoms with Gasteiger partial charge in [0.05, 0.1) is 19.8 Å². The van der Waals surface area contributed by atoms with Gasteiger partial charge in [0.25, 0.3) is 0 Å². The third kappa shape index (κ3) is 8.84. The molecular formula is C7H18MtNO3-. The Morgan fingerprint density at radius 2 is 1.00 bits per heavy atom. The van der Waals surface area contributed by atoms with Gasteiger partial charge in [0.2, 0.25) is 0 Å². The maximum absolute atomic E-state index is 8.48. The topological polar surface area (TPSA) is 63.9 Å². The molecule has 12 heavy (non-hydrogen) atoms. The van der Waals surface area contributed by atoms with E-state index in [-0.39, 0.29) is 27.2 Å². The first kappa shape index (κ1) is 17.1. The minimum Gasteiger partial charge on any atom is -0.395 e. The molecule has 0 aliphatic heterocycles. The maximum Gasteiger partial charge on any atom is 0.0558 e. The molecule has 0 aromatic heterocycles. The number of hydrogen-bond acceptors (Lipinski definition) is 4. The van der Waals surface area contributed by atoms with Gasteiger partial charge in [-0.1, -0.05) is 0 Å². The van der Waals surface area contributed by atoms with Crippen molar-refractivity contribution >= 4 is 0 Å². The van der Waals surface area contributed by atoms with Gasteiger partial charge in [-0.15, -0.1) is 0 Å². The first-order chi connectivity index (χ1) is 4.85. The van der Waals surface area contributed by atoms with Gasteiger partial charge in [-0.2, -0.15) is 0 Å². The number of hydrogen-bond donors (Lipinski definition) is 3. The van der Waals surface area contributed by atoms with Gasteiger partial charge in [-0.25, -0.2) is 0 Å². The molecule has 0 bridgehead atoms. The Morgan fingerprint density at radius 1 is 0.750 bits per heavy atom. The average molecular weight is 442 g/mol. The van der Waals surface area contributed by atoms with E-state index < -0.39 is 0 Å². The van der Waals surface area contributed by atoms with Crippen LogP contribution in [0.2, 0.25) is 0 Å². The summed E-state index contributed by atoms with van der Waals surface area (Å²) in [4.78, 5) is 1.79. The molecule has 3 N–H and O–H groups in total. The standard InChI is InChI=1S/C6H15NO3.CH3.Mt/c8-4-1-7(2-5-9)3-6-10;;/h8-10H,1-6H2;1H3;/q;-1;. The molecule has 0 saturated carbocycles. The molecule has 0 aromatic rings. The third-order valence-corrected chi connectivity index (χ3v) is 1.25. The molecule has 0 aliphatic rings. The number of aliphatic hydroxyl groups is 3. The van der Waals surface area contributed by atoms with Gasteiger partial charge >= 0.3 is 0 Å². The molecule has 0 spiro atoms. The van der Waals surface area contributed by atoms with Gasteiger partial charge in [0.1, 0.15) is 0 Å². The van der Waals surface area contributed by atoms with E-state index in [9.17, 15) is 0 Å². The van der Waals surface area contributed by atoms with Crippen molar-refractivity contribution in [3.8, 4) is 0 Å². The summed E-state index contributed by atoms with van der Waals surface area (Å²) in [6.07, 6.45) is 0. The van der Waals surface area contributed by atoms with E-state index in [1.807, 2.05) is 0 Å². The van der Waals surface area contributed by atoms with Crippen molar-refractivity contribution in [2.24, 2.45) is 0 Å². The van der Waals surface area contributed by atoms with Crippen LogP contribution >= 0.6 is 0 Å². The Bertz CT molecular complexity index is 61.4. The quantitative estimate of drug-likeness (QED) is 0.449. The summed E-state index contributed by atoms with van der Waals surface area (Å²) in [5.74, 6) is 0. The van der Waals surface area contributed by atoms with Gasteiger partial charge < -0.3 is 22.7 Å². The predicted octanol–water partition coefficient (Wildman–Crippen LogP) is -1.28. The van der Waals surface area contributed by atoms with Crippen LogP contribution in [-0.2, 0) is 0 Å². The van der Waals surface area contributed by atoms with Crippen LogP contribution in [0.4, 0.5) is 0 Å². The number of nitrogens with zero attached hydrogens (tertiary/aromatic N) is 1. The molecule has 0 atom stereocenters. The normalized spacial score (nSPS) is 9.00. The number of rotatable bonds is 6. The van der Waals surface area contributed by atoms with Gasteiger partial charge in [0.15, 0.2) is 0 Å². The molecule has 5 heteroatoms. The zero-order valence-electron chi connectivity index (χ0n) is 7.74. The molecule has 0 heterocycles. The van der Waals surface area contributed by atoms with Crippen molar-refractivity contribution in [1.82, 2.24) is 4.90 Å². The average Bonchev–Trinajstić information content (AvgIpc) is 1.90. The molecule has 0 aromatic carbocycles. The second-order valence-electron chi connectivity index (χ2n) is 2.01. The van der Waals surface area contributed by atoms with Crippen molar-refractivity contribution < 1.29 is 15.3 Å². The molecule has 0 radical (unpaired) electrons. The van der Waals surface area contributed by atoms with Crippen LogP contribution in [0, 0.1) is 7.43 Å². The third-order valence-electron chi connectivity index (χ3n) is 1.25. The molecule has 72 valence electrons. The minimum atomic E-state index is 0. The van der Waals surface area contributed by atoms with Crippen LogP contribution in [-0.4, -0.2) is 59.7 Å². The Morgan fingerprint density at radius 3 is 1.17 bits per heavy atom. The summed E-state index contributed by atoms with van der Waals surface area (Å²) in [6, 6.07) is 0. The van der Waals surface area contributed by atoms with Gasteiger partial charge in [-0.3, -0.25) is 4.90 Å². The van der Waals surface area contributed by atoms with Gasteiger partial charge in [0, 0.05) is 19.6 Å². The Balaban J connectivity index is -0.000000405. The summed E-state index contributed by atoms with van der Waals surface area (Å²) >= 11 is 0. The fraction of sp³-hybridized carbons (Fsp3) is 0.857. The van der Waals surface area contributed by atoms with E-state index in [1.165, 1.54) is 0 Å². The van der Waals surface area contributed by atoms with Crippen LogP contribution in [0.5, 0.6) is 0 Å². The molecule has 0 aliphatic carbocycles. The smallest absolute Gasteiger partial charge is 0.0558 e. The van der Waals surface area contributed by atoms with Crippen molar-refractivity contribution in [2.45, 2.75) is 0 Å². The summed E-state index contributed by atoms with van der Waals surface area (Å²) in [6.45, 7) is 1.75. The molecule has 0 rings (SSSR count). The van der Waals surface area contributed by atoms with E-state index in [1.54, 1.807) is 4.90 Å². The van der Waals surface area contributed by atoms with E-state index in [0.717, 1.165) is 0 Å². The SMILES string of the molecule is OCCN(CCO)CCO.[CH3-].[Mt]. The van der Waals surface area contributed by atoms with Crippen LogP contribution in [0.1, 0.15) is 0 Å². The second kappa shape index (κ2) is 12.5. The Hall–Kier alpha value is -1.16. The van der Waals surface area contributed by atoms with E-state index in [2.05, 4.69) is 0 Å². The summed E-state index contributed by atoms with van der Waals surface area (Å²) < 4.78 is 0. The fourth-order valence-corrected chi connectivity index (χ4v) is 0.760. The first-order valence-electron chi connectivity index (χ1n) is 3.40. The molecule has 0 saturated heterocycles. The largest absolute Gasteiger partial charge is 0.395 e. The zero-order chi connectivity index (χ0) is 7.82. The Labute approximate surface area is 68.1 Å². The molecule has 4 nitrogen and oxygen atoms in total. The monoisotopic (exact) mass is 442 g/mol. The van der Waals surface area contributed by atoms with Crippen molar-refractivity contribution in [3.05, 3.63) is 7.43 Å². The summed E-state index contributed by atoms with van der Waals surface area (Å²) in [5, 5.41) is 25.5. The van der Waals surface area contributed by atoms with Crippen LogP contribution in [0.15, 0.2) is 0 Å². The molecular weight excluding hydrogens is 424 g/mol. The zero-order valence-corrected chi connectivity index (χ0v) is 14.3. The summed E-state index contributed by atoms with van der Waals surface area (Å²) in [7, 11) is 0. The van der Waals surface area contributed by atoms with Crippen molar-refractivity contribution in [3.63, 3.8) is 0 Å². The molecule has 0 unspecified atom stereocenters. The fourth-order valence-electron chi connectivity index (χ4n) is 0.760.